The first-order valence-electron chi connectivity index (χ1n) is 13.7. The molecule has 2 aliphatic heterocycles. The topological polar surface area (TPSA) is 70.1 Å². The van der Waals surface area contributed by atoms with E-state index in [9.17, 15) is 14.7 Å². The molecule has 2 amide bonds. The third-order valence-electron chi connectivity index (χ3n) is 10.4. The largest absolute Gasteiger partial charge is 0.444 e. The maximum Gasteiger partial charge on any atom is 0.410 e. The highest BCUT2D eigenvalue weighted by Crippen LogP contribution is 2.65. The van der Waals surface area contributed by atoms with Gasteiger partial charge in [0.1, 0.15) is 5.60 Å². The zero-order valence-corrected chi connectivity index (χ0v) is 22.5. The Morgan fingerprint density at radius 3 is 2.46 bits per heavy atom. The zero-order chi connectivity index (χ0) is 25.3. The van der Waals surface area contributed by atoms with Gasteiger partial charge in [0.25, 0.3) is 0 Å². The summed E-state index contributed by atoms with van der Waals surface area (Å²) in [6, 6.07) is 0.284. The Labute approximate surface area is 210 Å². The fraction of sp³-hybridized carbons (Fsp3) is 0.793. The highest BCUT2D eigenvalue weighted by atomic mass is 16.6. The fourth-order valence-electron chi connectivity index (χ4n) is 8.50. The Kier molecular flexibility index (Phi) is 5.94. The molecule has 35 heavy (non-hydrogen) atoms. The van der Waals surface area contributed by atoms with E-state index in [-0.39, 0.29) is 35.0 Å². The molecular formula is C29H44N2O4. The van der Waals surface area contributed by atoms with Gasteiger partial charge in [-0.3, -0.25) is 4.79 Å². The number of piperidine rings is 1. The van der Waals surface area contributed by atoms with Gasteiger partial charge in [-0.1, -0.05) is 25.5 Å². The van der Waals surface area contributed by atoms with E-state index in [1.807, 2.05) is 37.6 Å². The first kappa shape index (κ1) is 24.9. The van der Waals surface area contributed by atoms with Gasteiger partial charge in [0, 0.05) is 37.0 Å². The van der Waals surface area contributed by atoms with Crippen LogP contribution in [0.2, 0.25) is 0 Å². The standard InChI is InChI=1S/C29H44N2O4/c1-27(2,3)35-26(34)31-15-11-18(12-16-31)20-17-22-19-7-8-23-28(4,14-10-24(32)30(23)6)21(19)9-13-29(22,5)25(20)33/h10,14,19,21-23,25,33H,7-9,11-13,15-17H2,1-6H3/t19-,21+,22+,23-,25+,28-,29+/m1/s1. The van der Waals surface area contributed by atoms with Gasteiger partial charge in [0.05, 0.1) is 6.10 Å². The number of hydrogen-bond donors (Lipinski definition) is 1. The number of hydrogen-bond acceptors (Lipinski definition) is 4. The Hall–Kier alpha value is -1.82. The van der Waals surface area contributed by atoms with Gasteiger partial charge in [0.15, 0.2) is 0 Å². The van der Waals surface area contributed by atoms with Crippen LogP contribution in [0.4, 0.5) is 4.79 Å². The molecule has 6 nitrogen and oxygen atoms in total. The quantitative estimate of drug-likeness (QED) is 0.495. The molecule has 3 saturated carbocycles. The number of carbonyl (C=O) groups excluding carboxylic acids is 2. The molecule has 0 aromatic heterocycles. The molecule has 0 aromatic rings. The number of carbonyl (C=O) groups is 2. The summed E-state index contributed by atoms with van der Waals surface area (Å²) in [5, 5.41) is 11.7. The molecule has 7 atom stereocenters. The van der Waals surface area contributed by atoms with Gasteiger partial charge in [0.2, 0.25) is 5.91 Å². The lowest BCUT2D eigenvalue weighted by molar-refractivity contribution is -0.140. The van der Waals surface area contributed by atoms with Gasteiger partial charge >= 0.3 is 6.09 Å². The third kappa shape index (κ3) is 3.95. The smallest absolute Gasteiger partial charge is 0.410 e. The van der Waals surface area contributed by atoms with E-state index in [0.29, 0.717) is 30.8 Å². The molecule has 1 N–H and O–H groups in total. The first-order chi connectivity index (χ1) is 16.3. The van der Waals surface area contributed by atoms with E-state index in [0.717, 1.165) is 44.9 Å². The van der Waals surface area contributed by atoms with E-state index >= 15 is 0 Å². The van der Waals surface area contributed by atoms with Crippen molar-refractivity contribution >= 4 is 12.0 Å². The number of amides is 2. The van der Waals surface area contributed by atoms with E-state index in [1.54, 1.807) is 6.08 Å². The predicted molar refractivity (Wildman–Crippen MR) is 136 cm³/mol. The van der Waals surface area contributed by atoms with Crippen molar-refractivity contribution in [2.24, 2.45) is 28.6 Å². The summed E-state index contributed by atoms with van der Waals surface area (Å²) in [4.78, 5) is 28.7. The minimum atomic E-state index is -0.483. The number of ether oxygens (including phenoxy) is 1. The third-order valence-corrected chi connectivity index (χ3v) is 10.4. The number of fused-ring (bicyclic) bond motifs is 5. The minimum absolute atomic E-state index is 0.0203. The molecule has 2 heterocycles. The van der Waals surface area contributed by atoms with Crippen molar-refractivity contribution in [3.63, 3.8) is 0 Å². The molecule has 0 spiro atoms. The fourth-order valence-corrected chi connectivity index (χ4v) is 8.50. The summed E-state index contributed by atoms with van der Waals surface area (Å²) in [5.74, 6) is 1.75. The van der Waals surface area contributed by atoms with Gasteiger partial charge in [-0.25, -0.2) is 4.79 Å². The summed E-state index contributed by atoms with van der Waals surface area (Å²) in [5.41, 5.74) is 2.10. The van der Waals surface area contributed by atoms with E-state index < -0.39 is 5.60 Å². The van der Waals surface area contributed by atoms with Gasteiger partial charge in [-0.05, 0) is 95.1 Å². The average Bonchev–Trinajstić information content (AvgIpc) is 3.06. The highest BCUT2D eigenvalue weighted by Gasteiger charge is 2.61. The van der Waals surface area contributed by atoms with Crippen LogP contribution in [0.1, 0.15) is 79.6 Å². The molecule has 0 bridgehead atoms. The number of likely N-dealkylation sites (N-methyl/N-ethyl adjacent to an activating group) is 1. The van der Waals surface area contributed by atoms with E-state index in [2.05, 4.69) is 19.9 Å². The molecular weight excluding hydrogens is 440 g/mol. The van der Waals surface area contributed by atoms with Crippen molar-refractivity contribution in [1.82, 2.24) is 9.80 Å². The molecule has 0 unspecified atom stereocenters. The molecule has 5 rings (SSSR count). The Balaban J connectivity index is 1.35. The maximum atomic E-state index is 12.5. The van der Waals surface area contributed by atoms with Crippen LogP contribution >= 0.6 is 0 Å². The highest BCUT2D eigenvalue weighted by molar-refractivity contribution is 5.89. The van der Waals surface area contributed by atoms with Crippen LogP contribution in [0.15, 0.2) is 23.3 Å². The Bertz CT molecular complexity index is 954. The van der Waals surface area contributed by atoms with Gasteiger partial charge < -0.3 is 19.6 Å². The summed E-state index contributed by atoms with van der Waals surface area (Å²) in [6.45, 7) is 11.7. The Morgan fingerprint density at radius 1 is 1.11 bits per heavy atom. The molecule has 3 aliphatic carbocycles. The lowest BCUT2D eigenvalue weighted by Crippen LogP contribution is -2.59. The van der Waals surface area contributed by atoms with Gasteiger partial charge in [-0.15, -0.1) is 0 Å². The Morgan fingerprint density at radius 2 is 1.80 bits per heavy atom. The number of nitrogens with zero attached hydrogens (tertiary/aromatic N) is 2. The van der Waals surface area contributed by atoms with Crippen molar-refractivity contribution in [3.8, 4) is 0 Å². The minimum Gasteiger partial charge on any atom is -0.444 e. The van der Waals surface area contributed by atoms with Crippen LogP contribution < -0.4 is 0 Å². The van der Waals surface area contributed by atoms with Gasteiger partial charge in [-0.2, -0.15) is 0 Å². The zero-order valence-electron chi connectivity index (χ0n) is 22.5. The second-order valence-corrected chi connectivity index (χ2v) is 13.4. The number of rotatable bonds is 0. The first-order valence-corrected chi connectivity index (χ1v) is 13.7. The van der Waals surface area contributed by atoms with Crippen LogP contribution in [-0.4, -0.2) is 64.8 Å². The van der Waals surface area contributed by atoms with Crippen molar-refractivity contribution in [1.29, 1.82) is 0 Å². The maximum absolute atomic E-state index is 12.5. The molecule has 1 saturated heterocycles. The van der Waals surface area contributed by atoms with Crippen molar-refractivity contribution in [2.75, 3.05) is 20.1 Å². The van der Waals surface area contributed by atoms with Crippen LogP contribution in [-0.2, 0) is 9.53 Å². The van der Waals surface area contributed by atoms with Crippen LogP contribution in [0.5, 0.6) is 0 Å². The average molecular weight is 485 g/mol. The van der Waals surface area contributed by atoms with E-state index in [4.69, 9.17) is 4.74 Å². The number of aliphatic hydroxyl groups excluding tert-OH is 1. The molecule has 4 fully saturated rings. The normalized spacial score (nSPS) is 41.5. The van der Waals surface area contributed by atoms with Crippen molar-refractivity contribution in [3.05, 3.63) is 23.3 Å². The number of aliphatic hydroxyl groups is 1. The van der Waals surface area contributed by atoms with Crippen LogP contribution in [0, 0.1) is 28.6 Å². The van der Waals surface area contributed by atoms with E-state index in [1.165, 1.54) is 11.1 Å². The second-order valence-electron chi connectivity index (χ2n) is 13.4. The predicted octanol–water partition coefficient (Wildman–Crippen LogP) is 4.92. The summed E-state index contributed by atoms with van der Waals surface area (Å²) in [6.07, 6.45) is 10.4. The van der Waals surface area contributed by atoms with Crippen LogP contribution in [0.3, 0.4) is 0 Å². The molecule has 6 heteroatoms. The second kappa shape index (κ2) is 8.36. The summed E-state index contributed by atoms with van der Waals surface area (Å²) < 4.78 is 5.57. The van der Waals surface area contributed by atoms with Crippen molar-refractivity contribution < 1.29 is 19.4 Å². The SMILES string of the molecule is CN1C(=O)C=C[C@]2(C)[C@H]3CC[C@]4(C)[C@@H](O)C(=C5CCN(C(=O)OC(C)(C)C)CC5)C[C@H]4[C@@H]3CC[C@@H]12. The molecule has 0 radical (unpaired) electrons. The molecule has 194 valence electrons. The lowest BCUT2D eigenvalue weighted by atomic mass is 9.48. The summed E-state index contributed by atoms with van der Waals surface area (Å²) >= 11 is 0. The molecule has 5 aliphatic rings. The van der Waals surface area contributed by atoms with Crippen LogP contribution in [0.25, 0.3) is 0 Å². The number of likely N-dealkylation sites (tertiary alicyclic amines) is 1. The lowest BCUT2D eigenvalue weighted by Gasteiger charge is -2.59. The van der Waals surface area contributed by atoms with Crippen molar-refractivity contribution in [2.45, 2.75) is 97.3 Å². The monoisotopic (exact) mass is 484 g/mol. The summed E-state index contributed by atoms with van der Waals surface area (Å²) in [7, 11) is 1.97. The molecule has 0 aromatic carbocycles.